The van der Waals surface area contributed by atoms with Gasteiger partial charge in [-0.3, -0.25) is 9.09 Å². The zero-order valence-corrected chi connectivity index (χ0v) is 22.3. The molecule has 1 fully saturated rings. The lowest BCUT2D eigenvalue weighted by Gasteiger charge is -2.18. The summed E-state index contributed by atoms with van der Waals surface area (Å²) in [5, 5.41) is 24.4. The van der Waals surface area contributed by atoms with Gasteiger partial charge in [-0.1, -0.05) is 11.8 Å². The van der Waals surface area contributed by atoms with E-state index in [0.29, 0.717) is 12.4 Å². The van der Waals surface area contributed by atoms with Crippen LogP contribution in [0.5, 0.6) is 0 Å². The number of anilines is 1. The molecule has 3 aromatic heterocycles. The van der Waals surface area contributed by atoms with E-state index in [1.807, 2.05) is 6.26 Å². The number of hydrogen-bond donors (Lipinski definition) is 4. The molecule has 19 heteroatoms. The smallest absolute Gasteiger partial charge is 0.387 e. The predicted molar refractivity (Wildman–Crippen MR) is 133 cm³/mol. The van der Waals surface area contributed by atoms with Crippen molar-refractivity contribution in [2.24, 2.45) is 0 Å². The molecule has 13 nitrogen and oxygen atoms in total. The lowest BCUT2D eigenvalue weighted by Crippen LogP contribution is -2.33. The second-order valence-corrected chi connectivity index (χ2v) is 11.8. The Labute approximate surface area is 222 Å². The first-order valence-electron chi connectivity index (χ1n) is 11.1. The number of ether oxygens (including phenoxy) is 1. The number of hydrogen-bond acceptors (Lipinski definition) is 12. The summed E-state index contributed by atoms with van der Waals surface area (Å²) >= 11 is 2.40. The largest absolute Gasteiger partial charge is 0.437 e. The number of thioether (sulfide) groups is 2. The number of aromatic nitrogens is 6. The summed E-state index contributed by atoms with van der Waals surface area (Å²) in [5.74, 6) is 0.730. The van der Waals surface area contributed by atoms with Gasteiger partial charge in [0.15, 0.2) is 28.4 Å². The summed E-state index contributed by atoms with van der Waals surface area (Å²) in [6.07, 6.45) is -3.95. The van der Waals surface area contributed by atoms with E-state index in [1.165, 1.54) is 23.3 Å². The zero-order valence-electron chi connectivity index (χ0n) is 19.8. The molecule has 5 atom stereocenters. The molecule has 0 bridgehead atoms. The molecule has 0 amide bonds. The number of nitrogens with one attached hydrogen (secondary N) is 1. The van der Waals surface area contributed by atoms with E-state index in [-0.39, 0.29) is 22.1 Å². The van der Waals surface area contributed by atoms with Gasteiger partial charge in [-0.05, 0) is 6.26 Å². The van der Waals surface area contributed by atoms with E-state index < -0.39 is 51.5 Å². The fourth-order valence-corrected chi connectivity index (χ4v) is 5.56. The maximum Gasteiger partial charge on any atom is 0.437 e. The van der Waals surface area contributed by atoms with E-state index in [2.05, 4.69) is 25.3 Å². The minimum Gasteiger partial charge on any atom is -0.387 e. The van der Waals surface area contributed by atoms with Crippen molar-refractivity contribution < 1.29 is 42.1 Å². The summed E-state index contributed by atoms with van der Waals surface area (Å²) in [7, 11) is -4.32. The molecule has 4 heterocycles. The SMILES string of the molecule is CSCCNc1nc(SCCC(F)(F)F)nc2c1ncn2[C@@H]1O[C@H](COP(=O)(O)n2ccnc2)C(O)C1O. The number of imidazole rings is 2. The van der Waals surface area contributed by atoms with E-state index in [0.717, 1.165) is 28.2 Å². The maximum atomic E-state index is 12.6. The first-order valence-corrected chi connectivity index (χ1v) is 15.1. The van der Waals surface area contributed by atoms with E-state index in [1.54, 1.807) is 11.8 Å². The second kappa shape index (κ2) is 12.1. The van der Waals surface area contributed by atoms with Crippen molar-refractivity contribution in [2.75, 3.05) is 36.2 Å². The fraction of sp³-hybridized carbons (Fsp3) is 0.579. The van der Waals surface area contributed by atoms with Gasteiger partial charge >= 0.3 is 13.9 Å². The summed E-state index contributed by atoms with van der Waals surface area (Å²) in [6.45, 7) is -0.0338. The first kappa shape index (κ1) is 29.1. The highest BCUT2D eigenvalue weighted by Crippen LogP contribution is 2.44. The monoisotopic (exact) mass is 599 g/mol. The number of rotatable bonds is 12. The molecule has 210 valence electrons. The number of aliphatic hydroxyl groups excluding tert-OH is 2. The van der Waals surface area contributed by atoms with Crippen LogP contribution in [-0.4, -0.2) is 99.3 Å². The van der Waals surface area contributed by atoms with Gasteiger partial charge in [-0.2, -0.15) is 24.9 Å². The normalized spacial score (nSPS) is 23.7. The van der Waals surface area contributed by atoms with Crippen molar-refractivity contribution in [1.29, 1.82) is 0 Å². The Morgan fingerprint density at radius 2 is 2.03 bits per heavy atom. The fourth-order valence-electron chi connectivity index (χ4n) is 3.54. The van der Waals surface area contributed by atoms with Crippen LogP contribution in [0.15, 0.2) is 30.2 Å². The third-order valence-electron chi connectivity index (χ3n) is 5.42. The Bertz CT molecular complexity index is 1270. The third-order valence-corrected chi connectivity index (χ3v) is 8.18. The minimum absolute atomic E-state index is 0.0598. The summed E-state index contributed by atoms with van der Waals surface area (Å²) in [6, 6.07) is 0. The molecule has 1 aliphatic heterocycles. The molecule has 4 N–H and O–H groups in total. The first-order chi connectivity index (χ1) is 18.0. The van der Waals surface area contributed by atoms with Gasteiger partial charge < -0.3 is 25.2 Å². The molecule has 0 radical (unpaired) electrons. The second-order valence-electron chi connectivity index (χ2n) is 8.09. The average molecular weight is 600 g/mol. The Hall–Kier alpha value is -1.92. The van der Waals surface area contributed by atoms with Crippen molar-refractivity contribution >= 4 is 48.3 Å². The molecular formula is C19H25F3N7O6PS2. The van der Waals surface area contributed by atoms with Crippen LogP contribution < -0.4 is 5.32 Å². The van der Waals surface area contributed by atoms with Crippen LogP contribution in [-0.2, 0) is 13.8 Å². The van der Waals surface area contributed by atoms with Crippen LogP contribution in [0.2, 0.25) is 0 Å². The molecule has 0 aliphatic carbocycles. The Morgan fingerprint density at radius 3 is 2.71 bits per heavy atom. The quantitative estimate of drug-likeness (QED) is 0.103. The van der Waals surface area contributed by atoms with Gasteiger partial charge in [0.25, 0.3) is 0 Å². The Morgan fingerprint density at radius 1 is 1.24 bits per heavy atom. The zero-order chi connectivity index (χ0) is 27.5. The highest BCUT2D eigenvalue weighted by Gasteiger charge is 2.45. The number of fused-ring (bicyclic) bond motifs is 1. The predicted octanol–water partition coefficient (Wildman–Crippen LogP) is 2.13. The van der Waals surface area contributed by atoms with Crippen LogP contribution in [0.3, 0.4) is 0 Å². The van der Waals surface area contributed by atoms with Crippen molar-refractivity contribution in [3.8, 4) is 0 Å². The number of alkyl halides is 3. The van der Waals surface area contributed by atoms with Gasteiger partial charge in [-0.15, -0.1) is 0 Å². The van der Waals surface area contributed by atoms with Crippen LogP contribution in [0, 0.1) is 0 Å². The standard InChI is InChI=1S/C19H25F3N7O6PS2/c1-37-7-4-24-15-12-16(27-18(26-15)38-6-2-19(20,21)22)29(10-25-12)17-14(31)13(30)11(35-17)8-34-36(32,33)28-5-3-23-9-28/h3,5,9-11,13-14,17,30-31H,2,4,6-8H2,1H3,(H,32,33)(H,24,26,27)/t11-,13?,14?,17-/m1/s1. The topological polar surface area (TPSA) is 170 Å². The third kappa shape index (κ3) is 6.80. The summed E-state index contributed by atoms with van der Waals surface area (Å²) in [4.78, 5) is 26.7. The molecule has 1 saturated heterocycles. The van der Waals surface area contributed by atoms with Gasteiger partial charge in [0.05, 0.1) is 19.4 Å². The molecule has 0 spiro atoms. The van der Waals surface area contributed by atoms with Gasteiger partial charge in [0.2, 0.25) is 0 Å². The van der Waals surface area contributed by atoms with Crippen LogP contribution >= 0.6 is 31.3 Å². The van der Waals surface area contributed by atoms with Crippen molar-refractivity contribution in [1.82, 2.24) is 28.8 Å². The number of halogens is 3. The van der Waals surface area contributed by atoms with Crippen molar-refractivity contribution in [3.05, 3.63) is 25.0 Å². The Kier molecular flexibility index (Phi) is 9.24. The molecule has 4 rings (SSSR count). The van der Waals surface area contributed by atoms with Crippen molar-refractivity contribution in [3.63, 3.8) is 0 Å². The molecule has 0 saturated carbocycles. The maximum absolute atomic E-state index is 12.6. The van der Waals surface area contributed by atoms with Crippen LogP contribution in [0.1, 0.15) is 12.6 Å². The van der Waals surface area contributed by atoms with E-state index >= 15 is 0 Å². The number of nitrogens with zero attached hydrogens (tertiary/aromatic N) is 6. The highest BCUT2D eigenvalue weighted by atomic mass is 32.2. The number of aliphatic hydroxyl groups is 2. The van der Waals surface area contributed by atoms with Crippen LogP contribution in [0.4, 0.5) is 19.0 Å². The summed E-state index contributed by atoms with van der Waals surface area (Å²) < 4.78 is 63.4. The average Bonchev–Trinajstić information content (AvgIpc) is 3.59. The van der Waals surface area contributed by atoms with E-state index in [9.17, 15) is 32.8 Å². The minimum atomic E-state index is -4.33. The van der Waals surface area contributed by atoms with Crippen LogP contribution in [0.25, 0.3) is 11.2 Å². The van der Waals surface area contributed by atoms with Crippen molar-refractivity contribution in [2.45, 2.75) is 42.3 Å². The van der Waals surface area contributed by atoms with Gasteiger partial charge in [-0.25, -0.2) is 28.8 Å². The molecule has 0 aromatic carbocycles. The molecule has 1 aliphatic rings. The highest BCUT2D eigenvalue weighted by molar-refractivity contribution is 7.99. The molecule has 3 aromatic rings. The lowest BCUT2D eigenvalue weighted by atomic mass is 10.1. The molecule has 3 unspecified atom stereocenters. The van der Waals surface area contributed by atoms with Gasteiger partial charge in [0.1, 0.15) is 24.6 Å². The lowest BCUT2D eigenvalue weighted by molar-refractivity contribution is -0.129. The summed E-state index contributed by atoms with van der Waals surface area (Å²) in [5.41, 5.74) is 0.446. The van der Waals surface area contributed by atoms with Gasteiger partial charge in [0, 0.05) is 30.4 Å². The van der Waals surface area contributed by atoms with E-state index in [4.69, 9.17) is 9.26 Å². The molecular weight excluding hydrogens is 574 g/mol. The molecule has 38 heavy (non-hydrogen) atoms. The Balaban J connectivity index is 1.56.